The van der Waals surface area contributed by atoms with Crippen molar-refractivity contribution in [2.75, 3.05) is 18.6 Å². The summed E-state index contributed by atoms with van der Waals surface area (Å²) in [5.74, 6) is 0.822. The second-order valence-electron chi connectivity index (χ2n) is 6.79. The molecule has 3 nitrogen and oxygen atoms in total. The van der Waals surface area contributed by atoms with E-state index in [0.29, 0.717) is 11.5 Å². The molecule has 1 aromatic carbocycles. The van der Waals surface area contributed by atoms with Crippen molar-refractivity contribution in [3.63, 3.8) is 0 Å². The van der Waals surface area contributed by atoms with Crippen LogP contribution in [0.2, 0.25) is 0 Å². The van der Waals surface area contributed by atoms with E-state index in [1.807, 2.05) is 7.05 Å². The average molecular weight is 309 g/mol. The van der Waals surface area contributed by atoms with Crippen molar-refractivity contribution in [2.24, 2.45) is 5.92 Å². The maximum atomic E-state index is 11.7. The van der Waals surface area contributed by atoms with Gasteiger partial charge in [-0.05, 0) is 42.3 Å². The fourth-order valence-electron chi connectivity index (χ4n) is 3.11. The molecule has 1 aliphatic rings. The van der Waals surface area contributed by atoms with Gasteiger partial charge in [-0.3, -0.25) is 0 Å². The Morgan fingerprint density at radius 1 is 1.29 bits per heavy atom. The van der Waals surface area contributed by atoms with Crippen molar-refractivity contribution in [1.29, 1.82) is 0 Å². The largest absolute Gasteiger partial charge is 0.313 e. The molecule has 2 atom stereocenters. The van der Waals surface area contributed by atoms with Crippen molar-refractivity contribution in [3.05, 3.63) is 35.4 Å². The average Bonchev–Trinajstić information content (AvgIpc) is 2.80. The second kappa shape index (κ2) is 6.09. The van der Waals surface area contributed by atoms with Crippen LogP contribution >= 0.6 is 0 Å². The number of hydrogen-bond acceptors (Lipinski definition) is 3. The van der Waals surface area contributed by atoms with Crippen LogP contribution in [0.3, 0.4) is 0 Å². The lowest BCUT2D eigenvalue weighted by Gasteiger charge is -2.26. The highest BCUT2D eigenvalue weighted by Crippen LogP contribution is 2.33. The van der Waals surface area contributed by atoms with Crippen LogP contribution in [0.15, 0.2) is 24.3 Å². The molecule has 21 heavy (non-hydrogen) atoms. The minimum atomic E-state index is -2.83. The predicted octanol–water partition coefficient (Wildman–Crippen LogP) is 3.07. The van der Waals surface area contributed by atoms with Gasteiger partial charge in [0.2, 0.25) is 0 Å². The van der Waals surface area contributed by atoms with E-state index >= 15 is 0 Å². The van der Waals surface area contributed by atoms with Gasteiger partial charge in [-0.15, -0.1) is 0 Å². The second-order valence-corrected chi connectivity index (χ2v) is 9.02. The molecule has 2 unspecified atom stereocenters. The summed E-state index contributed by atoms with van der Waals surface area (Å²) in [4.78, 5) is 0. The van der Waals surface area contributed by atoms with Crippen molar-refractivity contribution in [2.45, 2.75) is 45.1 Å². The molecule has 4 heteroatoms. The summed E-state index contributed by atoms with van der Waals surface area (Å²) in [7, 11) is -0.918. The first kappa shape index (κ1) is 16.5. The van der Waals surface area contributed by atoms with Crippen LogP contribution < -0.4 is 5.32 Å². The Morgan fingerprint density at radius 3 is 2.33 bits per heavy atom. The van der Waals surface area contributed by atoms with E-state index in [2.05, 4.69) is 50.4 Å². The molecule has 1 aromatic rings. The summed E-state index contributed by atoms with van der Waals surface area (Å²) in [6.07, 6.45) is 1.86. The lowest BCUT2D eigenvalue weighted by Crippen LogP contribution is -2.26. The van der Waals surface area contributed by atoms with Gasteiger partial charge in [0, 0.05) is 6.04 Å². The molecular formula is C17H27NO2S. The molecule has 1 heterocycles. The molecule has 0 saturated carbocycles. The number of sulfone groups is 1. The molecule has 1 fully saturated rings. The minimum Gasteiger partial charge on any atom is -0.313 e. The van der Waals surface area contributed by atoms with E-state index in [0.717, 1.165) is 12.8 Å². The zero-order chi connectivity index (χ0) is 15.7. The number of hydrogen-bond donors (Lipinski definition) is 1. The van der Waals surface area contributed by atoms with Crippen LogP contribution in [0.1, 0.15) is 50.8 Å². The van der Waals surface area contributed by atoms with Crippen molar-refractivity contribution in [1.82, 2.24) is 5.32 Å². The quantitative estimate of drug-likeness (QED) is 0.909. The number of rotatable bonds is 5. The molecule has 0 bridgehead atoms. The summed E-state index contributed by atoms with van der Waals surface area (Å²) in [5.41, 5.74) is 2.71. The zero-order valence-electron chi connectivity index (χ0n) is 13.5. The van der Waals surface area contributed by atoms with Gasteiger partial charge < -0.3 is 5.32 Å². The van der Waals surface area contributed by atoms with Gasteiger partial charge in [0.15, 0.2) is 9.84 Å². The van der Waals surface area contributed by atoms with E-state index in [1.54, 1.807) is 0 Å². The van der Waals surface area contributed by atoms with Crippen LogP contribution in [-0.2, 0) is 15.3 Å². The monoisotopic (exact) mass is 309 g/mol. The molecule has 1 saturated heterocycles. The highest BCUT2D eigenvalue weighted by molar-refractivity contribution is 7.91. The maximum Gasteiger partial charge on any atom is 0.150 e. The van der Waals surface area contributed by atoms with Crippen LogP contribution in [-0.4, -0.2) is 27.0 Å². The lowest BCUT2D eigenvalue weighted by atomic mass is 9.81. The van der Waals surface area contributed by atoms with Crippen molar-refractivity contribution < 1.29 is 8.42 Å². The van der Waals surface area contributed by atoms with Crippen LogP contribution in [0.4, 0.5) is 0 Å². The van der Waals surface area contributed by atoms with E-state index in [-0.39, 0.29) is 17.4 Å². The first-order valence-electron chi connectivity index (χ1n) is 7.77. The van der Waals surface area contributed by atoms with Gasteiger partial charge >= 0.3 is 0 Å². The van der Waals surface area contributed by atoms with Crippen LogP contribution in [0.5, 0.6) is 0 Å². The van der Waals surface area contributed by atoms with Gasteiger partial charge in [-0.1, -0.05) is 45.0 Å². The van der Waals surface area contributed by atoms with Gasteiger partial charge in [0.1, 0.15) is 0 Å². The molecule has 0 aromatic heterocycles. The smallest absolute Gasteiger partial charge is 0.150 e. The Morgan fingerprint density at radius 2 is 1.90 bits per heavy atom. The van der Waals surface area contributed by atoms with Gasteiger partial charge in [0.25, 0.3) is 0 Å². The molecule has 0 radical (unpaired) electrons. The number of benzene rings is 1. The summed E-state index contributed by atoms with van der Waals surface area (Å²) in [6.45, 7) is 6.70. The van der Waals surface area contributed by atoms with E-state index < -0.39 is 9.84 Å². The standard InChI is InChI=1S/C17H27NO2S/c1-5-17(2,3)15-8-6-13(7-9-15)16(18-4)14-10-11-21(19,20)12-14/h6-9,14,16,18H,5,10-12H2,1-4H3. The SMILES string of the molecule is CCC(C)(C)c1ccc(C(NC)C2CCS(=O)(=O)C2)cc1. The van der Waals surface area contributed by atoms with Gasteiger partial charge in [-0.25, -0.2) is 8.42 Å². The predicted molar refractivity (Wildman–Crippen MR) is 88.3 cm³/mol. The third-order valence-corrected chi connectivity index (χ3v) is 6.78. The fraction of sp³-hybridized carbons (Fsp3) is 0.647. The Balaban J connectivity index is 2.20. The molecule has 1 N–H and O–H groups in total. The van der Waals surface area contributed by atoms with E-state index in [1.165, 1.54) is 11.1 Å². The van der Waals surface area contributed by atoms with Crippen LogP contribution in [0, 0.1) is 5.92 Å². The molecule has 0 aliphatic carbocycles. The number of nitrogens with one attached hydrogen (secondary N) is 1. The van der Waals surface area contributed by atoms with Crippen LogP contribution in [0.25, 0.3) is 0 Å². The Hall–Kier alpha value is -0.870. The Bertz CT molecular complexity index is 575. The molecular weight excluding hydrogens is 282 g/mol. The first-order valence-corrected chi connectivity index (χ1v) is 9.59. The normalized spacial score (nSPS) is 23.1. The summed E-state index contributed by atoms with van der Waals surface area (Å²) in [6, 6.07) is 8.80. The summed E-state index contributed by atoms with van der Waals surface area (Å²) >= 11 is 0. The zero-order valence-corrected chi connectivity index (χ0v) is 14.3. The lowest BCUT2D eigenvalue weighted by molar-refractivity contribution is 0.418. The topological polar surface area (TPSA) is 46.2 Å². The van der Waals surface area contributed by atoms with E-state index in [4.69, 9.17) is 0 Å². The highest BCUT2D eigenvalue weighted by atomic mass is 32.2. The molecule has 0 amide bonds. The molecule has 2 rings (SSSR count). The maximum absolute atomic E-state index is 11.7. The van der Waals surface area contributed by atoms with Gasteiger partial charge in [0.05, 0.1) is 11.5 Å². The molecule has 1 aliphatic heterocycles. The van der Waals surface area contributed by atoms with Crippen molar-refractivity contribution >= 4 is 9.84 Å². The highest BCUT2D eigenvalue weighted by Gasteiger charge is 2.33. The Kier molecular flexibility index (Phi) is 4.79. The minimum absolute atomic E-state index is 0.126. The third-order valence-electron chi connectivity index (χ3n) is 4.99. The van der Waals surface area contributed by atoms with E-state index in [9.17, 15) is 8.42 Å². The molecule has 118 valence electrons. The summed E-state index contributed by atoms with van der Waals surface area (Å²) in [5, 5.41) is 3.31. The molecule has 0 spiro atoms. The Labute approximate surface area is 129 Å². The third kappa shape index (κ3) is 3.67. The van der Waals surface area contributed by atoms with Gasteiger partial charge in [-0.2, -0.15) is 0 Å². The first-order chi connectivity index (χ1) is 9.79. The fourth-order valence-corrected chi connectivity index (χ4v) is 4.95. The summed E-state index contributed by atoms with van der Waals surface area (Å²) < 4.78 is 23.4. The van der Waals surface area contributed by atoms with Crippen molar-refractivity contribution in [3.8, 4) is 0 Å².